The van der Waals surface area contributed by atoms with Crippen molar-refractivity contribution in [1.29, 1.82) is 0 Å². The maximum atomic E-state index is 12.4. The molecule has 2 aromatic rings. The summed E-state index contributed by atoms with van der Waals surface area (Å²) in [5.74, 6) is -0.158. The van der Waals surface area contributed by atoms with Crippen molar-refractivity contribution in [2.24, 2.45) is 5.73 Å². The van der Waals surface area contributed by atoms with E-state index in [1.807, 2.05) is 32.0 Å². The van der Waals surface area contributed by atoms with Crippen LogP contribution < -0.4 is 20.5 Å². The lowest BCUT2D eigenvalue weighted by atomic mass is 10.1. The SMILES string of the molecule is COc1cc(C(=O)Nc2ccc(C)c(C)c2)ccc1OCC(N)=O. The monoisotopic (exact) mass is 328 g/mol. The van der Waals surface area contributed by atoms with Gasteiger partial charge in [-0.1, -0.05) is 6.07 Å². The first kappa shape index (κ1) is 17.3. The van der Waals surface area contributed by atoms with Crippen LogP contribution in [0.4, 0.5) is 5.69 Å². The summed E-state index contributed by atoms with van der Waals surface area (Å²) in [5.41, 5.74) is 8.44. The highest BCUT2D eigenvalue weighted by Gasteiger charge is 2.12. The van der Waals surface area contributed by atoms with Crippen LogP contribution in [-0.2, 0) is 4.79 Å². The molecule has 0 atom stereocenters. The first-order chi connectivity index (χ1) is 11.4. The highest BCUT2D eigenvalue weighted by Crippen LogP contribution is 2.28. The number of hydrogen-bond donors (Lipinski definition) is 2. The molecule has 0 radical (unpaired) electrons. The molecular formula is C18H20N2O4. The Bertz CT molecular complexity index is 772. The van der Waals surface area contributed by atoms with Crippen LogP contribution in [0.5, 0.6) is 11.5 Å². The zero-order valence-electron chi connectivity index (χ0n) is 13.9. The first-order valence-electron chi connectivity index (χ1n) is 7.38. The Labute approximate surface area is 140 Å². The van der Waals surface area contributed by atoms with Crippen LogP contribution in [0.3, 0.4) is 0 Å². The van der Waals surface area contributed by atoms with Gasteiger partial charge < -0.3 is 20.5 Å². The van der Waals surface area contributed by atoms with Crippen LogP contribution in [0.1, 0.15) is 21.5 Å². The zero-order chi connectivity index (χ0) is 17.7. The van der Waals surface area contributed by atoms with Crippen LogP contribution in [0.15, 0.2) is 36.4 Å². The van der Waals surface area contributed by atoms with Crippen molar-refractivity contribution in [3.63, 3.8) is 0 Å². The summed E-state index contributed by atoms with van der Waals surface area (Å²) >= 11 is 0. The van der Waals surface area contributed by atoms with Gasteiger partial charge >= 0.3 is 0 Å². The van der Waals surface area contributed by atoms with Gasteiger partial charge in [-0.15, -0.1) is 0 Å². The van der Waals surface area contributed by atoms with Gasteiger partial charge in [0.25, 0.3) is 11.8 Å². The minimum atomic E-state index is -0.589. The van der Waals surface area contributed by atoms with Gasteiger partial charge in [0.15, 0.2) is 18.1 Å². The standard InChI is InChI=1S/C18H20N2O4/c1-11-4-6-14(8-12(11)2)20-18(22)13-5-7-15(16(9-13)23-3)24-10-17(19)21/h4-9H,10H2,1-3H3,(H2,19,21)(H,20,22). The Morgan fingerprint density at radius 2 is 1.79 bits per heavy atom. The third kappa shape index (κ3) is 4.25. The minimum absolute atomic E-state index is 0.259. The molecule has 0 fully saturated rings. The van der Waals surface area contributed by atoms with Crippen molar-refractivity contribution in [3.8, 4) is 11.5 Å². The number of benzene rings is 2. The molecule has 0 heterocycles. The van der Waals surface area contributed by atoms with Gasteiger partial charge in [-0.3, -0.25) is 9.59 Å². The number of primary amides is 1. The molecule has 0 spiro atoms. The molecule has 0 aliphatic rings. The van der Waals surface area contributed by atoms with Gasteiger partial charge in [0.05, 0.1) is 7.11 Å². The van der Waals surface area contributed by atoms with Crippen LogP contribution >= 0.6 is 0 Å². The lowest BCUT2D eigenvalue weighted by molar-refractivity contribution is -0.119. The lowest BCUT2D eigenvalue weighted by Crippen LogP contribution is -2.20. The molecule has 0 aromatic heterocycles. The van der Waals surface area contributed by atoms with Crippen LogP contribution in [-0.4, -0.2) is 25.5 Å². The lowest BCUT2D eigenvalue weighted by Gasteiger charge is -2.12. The Morgan fingerprint density at radius 3 is 2.42 bits per heavy atom. The van der Waals surface area contributed by atoms with Gasteiger partial charge in [-0.05, 0) is 55.3 Å². The van der Waals surface area contributed by atoms with E-state index < -0.39 is 5.91 Å². The molecule has 0 unspecified atom stereocenters. The number of nitrogens with one attached hydrogen (secondary N) is 1. The Morgan fingerprint density at radius 1 is 1.04 bits per heavy atom. The fourth-order valence-electron chi connectivity index (χ4n) is 2.10. The van der Waals surface area contributed by atoms with E-state index in [1.165, 1.54) is 7.11 Å². The molecule has 6 nitrogen and oxygen atoms in total. The summed E-state index contributed by atoms with van der Waals surface area (Å²) in [4.78, 5) is 23.2. The first-order valence-corrected chi connectivity index (χ1v) is 7.38. The molecule has 126 valence electrons. The van der Waals surface area contributed by atoms with Crippen molar-refractivity contribution in [3.05, 3.63) is 53.1 Å². The van der Waals surface area contributed by atoms with E-state index in [9.17, 15) is 9.59 Å². The third-order valence-corrected chi connectivity index (χ3v) is 3.56. The van der Waals surface area contributed by atoms with E-state index in [-0.39, 0.29) is 12.5 Å². The molecule has 2 rings (SSSR count). The van der Waals surface area contributed by atoms with Crippen molar-refractivity contribution >= 4 is 17.5 Å². The average molecular weight is 328 g/mol. The Balaban J connectivity index is 2.16. The fraction of sp³-hybridized carbons (Fsp3) is 0.222. The van der Waals surface area contributed by atoms with Crippen LogP contribution in [0.2, 0.25) is 0 Å². The fourth-order valence-corrected chi connectivity index (χ4v) is 2.10. The summed E-state index contributed by atoms with van der Waals surface area (Å²) < 4.78 is 10.4. The maximum absolute atomic E-state index is 12.4. The van der Waals surface area contributed by atoms with Crippen molar-refractivity contribution in [2.45, 2.75) is 13.8 Å². The number of rotatable bonds is 6. The van der Waals surface area contributed by atoms with Gasteiger partial charge in [-0.2, -0.15) is 0 Å². The molecule has 2 amide bonds. The molecule has 0 aliphatic heterocycles. The quantitative estimate of drug-likeness (QED) is 0.852. The number of methoxy groups -OCH3 is 1. The number of hydrogen-bond acceptors (Lipinski definition) is 4. The maximum Gasteiger partial charge on any atom is 0.255 e. The minimum Gasteiger partial charge on any atom is -0.493 e. The number of carbonyl (C=O) groups is 2. The number of anilines is 1. The zero-order valence-corrected chi connectivity index (χ0v) is 13.9. The van der Waals surface area contributed by atoms with Crippen molar-refractivity contribution in [1.82, 2.24) is 0 Å². The van der Waals surface area contributed by atoms with Crippen molar-refractivity contribution in [2.75, 3.05) is 19.0 Å². The molecule has 3 N–H and O–H groups in total. The largest absolute Gasteiger partial charge is 0.493 e. The van der Waals surface area contributed by atoms with Gasteiger partial charge in [0, 0.05) is 11.3 Å². The third-order valence-electron chi connectivity index (χ3n) is 3.56. The summed E-state index contributed by atoms with van der Waals surface area (Å²) in [6.07, 6.45) is 0. The highest BCUT2D eigenvalue weighted by molar-refractivity contribution is 6.04. The predicted octanol–water partition coefficient (Wildman–Crippen LogP) is 2.43. The second-order valence-corrected chi connectivity index (χ2v) is 5.37. The van der Waals surface area contributed by atoms with E-state index >= 15 is 0 Å². The Hall–Kier alpha value is -3.02. The second kappa shape index (κ2) is 7.50. The summed E-state index contributed by atoms with van der Waals surface area (Å²) in [6, 6.07) is 10.4. The molecule has 0 bridgehead atoms. The molecule has 0 saturated heterocycles. The average Bonchev–Trinajstić information content (AvgIpc) is 2.56. The summed E-state index contributed by atoms with van der Waals surface area (Å²) in [6.45, 7) is 3.74. The second-order valence-electron chi connectivity index (χ2n) is 5.37. The summed E-state index contributed by atoms with van der Waals surface area (Å²) in [5, 5.41) is 2.84. The molecule has 24 heavy (non-hydrogen) atoms. The van der Waals surface area contributed by atoms with Crippen LogP contribution in [0, 0.1) is 13.8 Å². The topological polar surface area (TPSA) is 90.7 Å². The van der Waals surface area contributed by atoms with Gasteiger partial charge in [-0.25, -0.2) is 0 Å². The predicted molar refractivity (Wildman–Crippen MR) is 91.6 cm³/mol. The number of aryl methyl sites for hydroxylation is 2. The Kier molecular flexibility index (Phi) is 5.42. The van der Waals surface area contributed by atoms with E-state index in [0.717, 1.165) is 16.8 Å². The molecule has 6 heteroatoms. The normalized spacial score (nSPS) is 10.1. The van der Waals surface area contributed by atoms with Crippen LogP contribution in [0.25, 0.3) is 0 Å². The molecule has 0 saturated carbocycles. The van der Waals surface area contributed by atoms with E-state index in [1.54, 1.807) is 18.2 Å². The molecule has 2 aromatic carbocycles. The van der Waals surface area contributed by atoms with Gasteiger partial charge in [0.2, 0.25) is 0 Å². The number of nitrogens with two attached hydrogens (primary N) is 1. The molecular weight excluding hydrogens is 308 g/mol. The molecule has 0 aliphatic carbocycles. The smallest absolute Gasteiger partial charge is 0.255 e. The highest BCUT2D eigenvalue weighted by atomic mass is 16.5. The number of ether oxygens (including phenoxy) is 2. The number of carbonyl (C=O) groups excluding carboxylic acids is 2. The number of amides is 2. The van der Waals surface area contributed by atoms with Crippen molar-refractivity contribution < 1.29 is 19.1 Å². The summed E-state index contributed by atoms with van der Waals surface area (Å²) in [7, 11) is 1.46. The van der Waals surface area contributed by atoms with E-state index in [0.29, 0.717) is 17.1 Å². The van der Waals surface area contributed by atoms with E-state index in [2.05, 4.69) is 5.32 Å². The van der Waals surface area contributed by atoms with E-state index in [4.69, 9.17) is 15.2 Å². The van der Waals surface area contributed by atoms with Gasteiger partial charge in [0.1, 0.15) is 0 Å².